The van der Waals surface area contributed by atoms with E-state index < -0.39 is 17.1 Å². The lowest BCUT2D eigenvalue weighted by Gasteiger charge is -2.07. The van der Waals surface area contributed by atoms with Crippen molar-refractivity contribution in [3.8, 4) is 6.07 Å². The van der Waals surface area contributed by atoms with Crippen molar-refractivity contribution in [2.45, 2.75) is 5.92 Å². The number of ketones is 1. The van der Waals surface area contributed by atoms with E-state index in [1.54, 1.807) is 24.3 Å². The lowest BCUT2D eigenvalue weighted by Crippen LogP contribution is -2.15. The summed E-state index contributed by atoms with van der Waals surface area (Å²) < 4.78 is 5.48. The second-order valence-corrected chi connectivity index (χ2v) is 5.23. The van der Waals surface area contributed by atoms with Crippen LogP contribution in [0.3, 0.4) is 0 Å². The van der Waals surface area contributed by atoms with Gasteiger partial charge in [-0.15, -0.1) is 0 Å². The summed E-state index contributed by atoms with van der Waals surface area (Å²) in [7, 11) is 0. The van der Waals surface area contributed by atoms with E-state index in [0.29, 0.717) is 10.7 Å². The number of hydrogen-bond acceptors (Lipinski definition) is 5. The summed E-state index contributed by atoms with van der Waals surface area (Å²) in [6, 6.07) is 12.5. The molecule has 0 spiro atoms. The normalized spacial score (nSPS) is 11.8. The summed E-state index contributed by atoms with van der Waals surface area (Å²) in [6.07, 6.45) is 1.49. The first-order valence-electron chi connectivity index (χ1n) is 6.68. The third kappa shape index (κ3) is 2.85. The molecule has 2 heterocycles. The first-order chi connectivity index (χ1) is 11.1. The Kier molecular flexibility index (Phi) is 3.92. The number of benzene rings is 1. The number of halogens is 1. The molecule has 0 saturated carbocycles. The van der Waals surface area contributed by atoms with Crippen molar-refractivity contribution >= 4 is 28.4 Å². The Morgan fingerprint density at radius 1 is 1.26 bits per heavy atom. The van der Waals surface area contributed by atoms with Gasteiger partial charge in [-0.1, -0.05) is 17.7 Å². The molecule has 2 aromatic heterocycles. The van der Waals surface area contributed by atoms with Gasteiger partial charge in [0, 0.05) is 17.3 Å². The van der Waals surface area contributed by atoms with E-state index >= 15 is 0 Å². The Labute approximate surface area is 135 Å². The van der Waals surface area contributed by atoms with Crippen LogP contribution < -0.4 is 5.43 Å². The van der Waals surface area contributed by atoms with E-state index in [1.807, 2.05) is 6.07 Å². The third-order valence-corrected chi connectivity index (χ3v) is 3.54. The fourth-order valence-corrected chi connectivity index (χ4v) is 2.37. The van der Waals surface area contributed by atoms with Gasteiger partial charge in [0.25, 0.3) is 0 Å². The molecule has 112 valence electrons. The van der Waals surface area contributed by atoms with Gasteiger partial charge in [-0.25, -0.2) is 0 Å². The van der Waals surface area contributed by atoms with Crippen LogP contribution in [0.2, 0.25) is 5.02 Å². The smallest absolute Gasteiger partial charge is 0.221 e. The lowest BCUT2D eigenvalue weighted by molar-refractivity contribution is 0.0951. The van der Waals surface area contributed by atoms with Crippen LogP contribution in [0.25, 0.3) is 11.0 Å². The Bertz CT molecular complexity index is 990. The van der Waals surface area contributed by atoms with Gasteiger partial charge >= 0.3 is 0 Å². The maximum atomic E-state index is 12.5. The first kappa shape index (κ1) is 14.9. The van der Waals surface area contributed by atoms with Gasteiger partial charge < -0.3 is 4.42 Å². The van der Waals surface area contributed by atoms with Crippen molar-refractivity contribution in [3.63, 3.8) is 0 Å². The van der Waals surface area contributed by atoms with E-state index in [1.165, 1.54) is 18.3 Å². The van der Waals surface area contributed by atoms with Crippen LogP contribution >= 0.6 is 11.6 Å². The Morgan fingerprint density at radius 2 is 2.09 bits per heavy atom. The first-order valence-corrected chi connectivity index (χ1v) is 7.06. The van der Waals surface area contributed by atoms with E-state index in [2.05, 4.69) is 4.98 Å². The van der Waals surface area contributed by atoms with E-state index in [9.17, 15) is 14.9 Å². The number of carbonyl (C=O) groups excluding carboxylic acids is 1. The summed E-state index contributed by atoms with van der Waals surface area (Å²) in [5.41, 5.74) is 0.150. The molecular weight excluding hydrogens is 316 g/mol. The van der Waals surface area contributed by atoms with Gasteiger partial charge in [0.2, 0.25) is 5.78 Å². The fraction of sp³-hybridized carbons (Fsp3) is 0.0588. The number of nitrogens with zero attached hydrogens (tertiary/aromatic N) is 2. The van der Waals surface area contributed by atoms with Crippen molar-refractivity contribution in [1.82, 2.24) is 4.98 Å². The zero-order valence-electron chi connectivity index (χ0n) is 11.7. The van der Waals surface area contributed by atoms with Crippen LogP contribution in [-0.2, 0) is 0 Å². The maximum Gasteiger partial charge on any atom is 0.221 e. The fourth-order valence-electron chi connectivity index (χ4n) is 2.20. The van der Waals surface area contributed by atoms with Crippen LogP contribution in [0.1, 0.15) is 22.2 Å². The standard InChI is InChI=1S/C17H9ClN2O3/c18-10-4-5-15-11(7-10)14(21)8-16(23-15)17(22)12(9-19)13-3-1-2-6-20-13/h1-8,12H. The van der Waals surface area contributed by atoms with Crippen molar-refractivity contribution in [1.29, 1.82) is 5.26 Å². The molecule has 0 aliphatic carbocycles. The molecular formula is C17H9ClN2O3. The lowest BCUT2D eigenvalue weighted by atomic mass is 9.99. The van der Waals surface area contributed by atoms with Gasteiger partial charge in [0.05, 0.1) is 17.1 Å². The number of nitriles is 1. The van der Waals surface area contributed by atoms with Crippen LogP contribution in [0.5, 0.6) is 0 Å². The van der Waals surface area contributed by atoms with Crippen LogP contribution in [0.4, 0.5) is 0 Å². The Balaban J connectivity index is 2.09. The monoisotopic (exact) mass is 324 g/mol. The number of aromatic nitrogens is 1. The molecule has 0 amide bonds. The molecule has 3 rings (SSSR count). The molecule has 3 aromatic rings. The summed E-state index contributed by atoms with van der Waals surface area (Å²) in [5, 5.41) is 9.96. The zero-order valence-corrected chi connectivity index (χ0v) is 12.4. The summed E-state index contributed by atoms with van der Waals surface area (Å²) in [6.45, 7) is 0. The number of pyridine rings is 1. The van der Waals surface area contributed by atoms with Gasteiger partial charge in [0.15, 0.2) is 17.1 Å². The molecule has 1 aromatic carbocycles. The molecule has 23 heavy (non-hydrogen) atoms. The van der Waals surface area contributed by atoms with Crippen LogP contribution in [0, 0.1) is 11.3 Å². The maximum absolute atomic E-state index is 12.5. The third-order valence-electron chi connectivity index (χ3n) is 3.31. The topological polar surface area (TPSA) is 84.0 Å². The number of hydrogen-bond donors (Lipinski definition) is 0. The summed E-state index contributed by atoms with van der Waals surface area (Å²) in [5.74, 6) is -1.92. The van der Waals surface area contributed by atoms with Crippen molar-refractivity contribution < 1.29 is 9.21 Å². The second-order valence-electron chi connectivity index (χ2n) is 4.80. The molecule has 0 bridgehead atoms. The van der Waals surface area contributed by atoms with Crippen molar-refractivity contribution in [3.05, 3.63) is 75.4 Å². The number of carbonyl (C=O) groups is 1. The second kappa shape index (κ2) is 6.03. The molecule has 0 aliphatic rings. The highest BCUT2D eigenvalue weighted by atomic mass is 35.5. The number of rotatable bonds is 3. The molecule has 0 fully saturated rings. The molecule has 5 nitrogen and oxygen atoms in total. The molecule has 6 heteroatoms. The molecule has 0 N–H and O–H groups in total. The molecule has 0 radical (unpaired) electrons. The quantitative estimate of drug-likeness (QED) is 0.690. The minimum absolute atomic E-state index is 0.179. The molecule has 0 saturated heterocycles. The Morgan fingerprint density at radius 3 is 2.78 bits per heavy atom. The number of fused-ring (bicyclic) bond motifs is 1. The van der Waals surface area contributed by atoms with E-state index in [4.69, 9.17) is 16.0 Å². The highest BCUT2D eigenvalue weighted by molar-refractivity contribution is 6.31. The number of Topliss-reactive ketones (excluding diaryl/α,β-unsaturated/α-hetero) is 1. The molecule has 0 aliphatic heterocycles. The minimum Gasteiger partial charge on any atom is -0.453 e. The van der Waals surface area contributed by atoms with Gasteiger partial charge in [-0.2, -0.15) is 5.26 Å². The summed E-state index contributed by atoms with van der Waals surface area (Å²) in [4.78, 5) is 28.7. The average molecular weight is 325 g/mol. The predicted octanol–water partition coefficient (Wildman–Crippen LogP) is 3.33. The van der Waals surface area contributed by atoms with Crippen molar-refractivity contribution in [2.24, 2.45) is 0 Å². The Hall–Kier alpha value is -2.97. The van der Waals surface area contributed by atoms with Gasteiger partial charge in [-0.3, -0.25) is 14.6 Å². The van der Waals surface area contributed by atoms with Crippen LogP contribution in [0.15, 0.2) is 57.9 Å². The zero-order chi connectivity index (χ0) is 16.4. The summed E-state index contributed by atoms with van der Waals surface area (Å²) >= 11 is 5.85. The molecule has 1 unspecified atom stereocenters. The van der Waals surface area contributed by atoms with Gasteiger partial charge in [-0.05, 0) is 30.3 Å². The van der Waals surface area contributed by atoms with Crippen LogP contribution in [-0.4, -0.2) is 10.8 Å². The predicted molar refractivity (Wildman–Crippen MR) is 84.4 cm³/mol. The van der Waals surface area contributed by atoms with Gasteiger partial charge in [0.1, 0.15) is 5.58 Å². The largest absolute Gasteiger partial charge is 0.453 e. The average Bonchev–Trinajstić information content (AvgIpc) is 2.57. The highest BCUT2D eigenvalue weighted by Gasteiger charge is 2.25. The van der Waals surface area contributed by atoms with E-state index in [0.717, 1.165) is 6.07 Å². The van der Waals surface area contributed by atoms with Crippen molar-refractivity contribution in [2.75, 3.05) is 0 Å². The highest BCUT2D eigenvalue weighted by Crippen LogP contribution is 2.22. The molecule has 1 atom stereocenters. The minimum atomic E-state index is -1.14. The van der Waals surface area contributed by atoms with E-state index in [-0.39, 0.29) is 16.7 Å². The SMILES string of the molecule is N#CC(C(=O)c1cc(=O)c2cc(Cl)ccc2o1)c1ccccn1.